The number of carbonyl (C=O) groups excluding carboxylic acids is 1. The summed E-state index contributed by atoms with van der Waals surface area (Å²) in [5, 5.41) is 14.5. The van der Waals surface area contributed by atoms with E-state index in [0.29, 0.717) is 6.42 Å². The maximum absolute atomic E-state index is 11.9. The van der Waals surface area contributed by atoms with Crippen LogP contribution in [0.4, 0.5) is 0 Å². The van der Waals surface area contributed by atoms with Crippen LogP contribution in [0.1, 0.15) is 18.4 Å². The molecule has 3 heteroatoms. The highest BCUT2D eigenvalue weighted by Crippen LogP contribution is 2.34. The molecule has 0 radical (unpaired) electrons. The van der Waals surface area contributed by atoms with E-state index >= 15 is 0 Å². The van der Waals surface area contributed by atoms with Gasteiger partial charge in [-0.3, -0.25) is 4.79 Å². The van der Waals surface area contributed by atoms with Gasteiger partial charge in [0.15, 0.2) is 0 Å². The van der Waals surface area contributed by atoms with Crippen LogP contribution >= 0.6 is 0 Å². The number of amides is 1. The first-order valence-corrected chi connectivity index (χ1v) is 6.60. The van der Waals surface area contributed by atoms with Gasteiger partial charge in [-0.1, -0.05) is 42.5 Å². The Balaban J connectivity index is 1.72. The summed E-state index contributed by atoms with van der Waals surface area (Å²) >= 11 is 0. The van der Waals surface area contributed by atoms with E-state index in [9.17, 15) is 9.90 Å². The van der Waals surface area contributed by atoms with Gasteiger partial charge in [-0.15, -0.1) is 0 Å². The molecule has 0 spiro atoms. The Kier molecular flexibility index (Phi) is 2.99. The predicted octanol–water partition coefficient (Wildman–Crippen LogP) is 2.02. The first-order chi connectivity index (χ1) is 9.21. The fourth-order valence-corrected chi connectivity index (χ4v) is 2.35. The molecular weight excluding hydrogens is 238 g/mol. The van der Waals surface area contributed by atoms with Crippen molar-refractivity contribution in [1.29, 1.82) is 0 Å². The third-order valence-corrected chi connectivity index (χ3v) is 3.74. The Morgan fingerprint density at radius 2 is 1.89 bits per heavy atom. The second kappa shape index (κ2) is 4.67. The third kappa shape index (κ3) is 2.61. The zero-order valence-electron chi connectivity index (χ0n) is 10.7. The van der Waals surface area contributed by atoms with E-state index in [-0.39, 0.29) is 18.1 Å². The van der Waals surface area contributed by atoms with Crippen LogP contribution in [0.5, 0.6) is 0 Å². The molecule has 2 aromatic carbocycles. The van der Waals surface area contributed by atoms with Crippen LogP contribution in [0.25, 0.3) is 10.8 Å². The van der Waals surface area contributed by atoms with Gasteiger partial charge in [0.25, 0.3) is 0 Å². The van der Waals surface area contributed by atoms with Gasteiger partial charge in [-0.25, -0.2) is 0 Å². The minimum absolute atomic E-state index is 0.0122. The molecule has 0 unspecified atom stereocenters. The van der Waals surface area contributed by atoms with E-state index < -0.39 is 0 Å². The summed E-state index contributed by atoms with van der Waals surface area (Å²) in [7, 11) is 0. The number of aliphatic hydroxyl groups is 1. The predicted molar refractivity (Wildman–Crippen MR) is 74.8 cm³/mol. The van der Waals surface area contributed by atoms with E-state index in [0.717, 1.165) is 23.8 Å². The molecule has 1 aliphatic carbocycles. The molecule has 1 aliphatic rings. The lowest BCUT2D eigenvalue weighted by Gasteiger charge is -2.14. The lowest BCUT2D eigenvalue weighted by atomic mass is 10.0. The lowest BCUT2D eigenvalue weighted by molar-refractivity contribution is -0.121. The zero-order chi connectivity index (χ0) is 13.3. The Morgan fingerprint density at radius 1 is 1.16 bits per heavy atom. The molecule has 3 nitrogen and oxygen atoms in total. The average Bonchev–Trinajstić information content (AvgIpc) is 3.19. The molecule has 98 valence electrons. The Morgan fingerprint density at radius 3 is 2.58 bits per heavy atom. The molecule has 0 bridgehead atoms. The van der Waals surface area contributed by atoms with Crippen molar-refractivity contribution in [3.05, 3.63) is 48.0 Å². The van der Waals surface area contributed by atoms with E-state index in [1.54, 1.807) is 0 Å². The van der Waals surface area contributed by atoms with Crippen LogP contribution < -0.4 is 5.32 Å². The van der Waals surface area contributed by atoms with Crippen LogP contribution in [0.2, 0.25) is 0 Å². The van der Waals surface area contributed by atoms with E-state index in [1.807, 2.05) is 36.4 Å². The summed E-state index contributed by atoms with van der Waals surface area (Å²) in [4.78, 5) is 11.9. The minimum atomic E-state index is -0.325. The summed E-state index contributed by atoms with van der Waals surface area (Å²) in [5.41, 5.74) is 0.679. The molecule has 0 aliphatic heterocycles. The number of aliphatic hydroxyl groups excluding tert-OH is 1. The van der Waals surface area contributed by atoms with Crippen molar-refractivity contribution in [2.75, 3.05) is 6.61 Å². The SMILES string of the molecule is O=C(Cc1ccc2ccccc2c1)NC1(CO)CC1. The summed E-state index contributed by atoms with van der Waals surface area (Å²) in [6.07, 6.45) is 2.13. The smallest absolute Gasteiger partial charge is 0.224 e. The summed E-state index contributed by atoms with van der Waals surface area (Å²) in [5.74, 6) is -0.0122. The molecule has 1 fully saturated rings. The molecule has 0 saturated heterocycles. The number of hydrogen-bond acceptors (Lipinski definition) is 2. The maximum atomic E-state index is 11.9. The fraction of sp³-hybridized carbons (Fsp3) is 0.312. The maximum Gasteiger partial charge on any atom is 0.224 e. The monoisotopic (exact) mass is 255 g/mol. The number of hydrogen-bond donors (Lipinski definition) is 2. The molecule has 0 atom stereocenters. The highest BCUT2D eigenvalue weighted by Gasteiger charge is 2.43. The second-order valence-electron chi connectivity index (χ2n) is 5.34. The normalized spacial score (nSPS) is 16.3. The van der Waals surface area contributed by atoms with E-state index in [1.165, 1.54) is 5.39 Å². The standard InChI is InChI=1S/C16H17NO2/c18-11-16(7-8-16)17-15(19)10-12-5-6-13-3-1-2-4-14(13)9-12/h1-6,9,18H,7-8,10-11H2,(H,17,19). The largest absolute Gasteiger partial charge is 0.394 e. The quantitative estimate of drug-likeness (QED) is 0.878. The number of rotatable bonds is 4. The molecule has 19 heavy (non-hydrogen) atoms. The Labute approximate surface area is 112 Å². The van der Waals surface area contributed by atoms with Crippen molar-refractivity contribution in [3.8, 4) is 0 Å². The topological polar surface area (TPSA) is 49.3 Å². The minimum Gasteiger partial charge on any atom is -0.394 e. The number of benzene rings is 2. The van der Waals surface area contributed by atoms with Gasteiger partial charge in [0, 0.05) is 0 Å². The summed E-state index contributed by atoms with van der Waals surface area (Å²) < 4.78 is 0. The van der Waals surface area contributed by atoms with Gasteiger partial charge < -0.3 is 10.4 Å². The highest BCUT2D eigenvalue weighted by molar-refractivity contribution is 5.85. The molecule has 1 amide bonds. The van der Waals surface area contributed by atoms with Crippen LogP contribution in [-0.4, -0.2) is 23.2 Å². The first-order valence-electron chi connectivity index (χ1n) is 6.60. The van der Waals surface area contributed by atoms with Crippen molar-refractivity contribution in [1.82, 2.24) is 5.32 Å². The molecule has 2 aromatic rings. The lowest BCUT2D eigenvalue weighted by Crippen LogP contribution is -2.40. The summed E-state index contributed by atoms with van der Waals surface area (Å²) in [6.45, 7) is 0.0382. The molecule has 1 saturated carbocycles. The van der Waals surface area contributed by atoms with Crippen molar-refractivity contribution in [2.45, 2.75) is 24.8 Å². The van der Waals surface area contributed by atoms with Crippen molar-refractivity contribution in [3.63, 3.8) is 0 Å². The number of nitrogens with one attached hydrogen (secondary N) is 1. The van der Waals surface area contributed by atoms with Gasteiger partial charge in [-0.2, -0.15) is 0 Å². The fourth-order valence-electron chi connectivity index (χ4n) is 2.35. The molecule has 3 rings (SSSR count). The first kappa shape index (κ1) is 12.2. The van der Waals surface area contributed by atoms with E-state index in [2.05, 4.69) is 11.4 Å². The van der Waals surface area contributed by atoms with Gasteiger partial charge in [0.2, 0.25) is 5.91 Å². The van der Waals surface area contributed by atoms with Gasteiger partial charge >= 0.3 is 0 Å². The molecular formula is C16H17NO2. The van der Waals surface area contributed by atoms with E-state index in [4.69, 9.17) is 0 Å². The third-order valence-electron chi connectivity index (χ3n) is 3.74. The molecule has 2 N–H and O–H groups in total. The van der Waals surface area contributed by atoms with Gasteiger partial charge in [0.1, 0.15) is 0 Å². The molecule has 0 aromatic heterocycles. The van der Waals surface area contributed by atoms with Crippen molar-refractivity contribution in [2.24, 2.45) is 0 Å². The molecule has 0 heterocycles. The van der Waals surface area contributed by atoms with Crippen molar-refractivity contribution < 1.29 is 9.90 Å². The van der Waals surface area contributed by atoms with Gasteiger partial charge in [0.05, 0.1) is 18.6 Å². The number of fused-ring (bicyclic) bond motifs is 1. The van der Waals surface area contributed by atoms with Gasteiger partial charge in [-0.05, 0) is 29.2 Å². The zero-order valence-corrected chi connectivity index (χ0v) is 10.7. The van der Waals surface area contributed by atoms with Crippen molar-refractivity contribution >= 4 is 16.7 Å². The second-order valence-corrected chi connectivity index (χ2v) is 5.34. The Bertz CT molecular complexity index is 617. The Hall–Kier alpha value is -1.87. The van der Waals surface area contributed by atoms with Crippen LogP contribution in [0.3, 0.4) is 0 Å². The van der Waals surface area contributed by atoms with Crippen LogP contribution in [0, 0.1) is 0 Å². The van der Waals surface area contributed by atoms with Crippen LogP contribution in [-0.2, 0) is 11.2 Å². The highest BCUT2D eigenvalue weighted by atomic mass is 16.3. The summed E-state index contributed by atoms with van der Waals surface area (Å²) in [6, 6.07) is 14.2. The number of carbonyl (C=O) groups is 1. The van der Waals surface area contributed by atoms with Crippen LogP contribution in [0.15, 0.2) is 42.5 Å². The average molecular weight is 255 g/mol.